The number of nitrogens with zero attached hydrogens (tertiary/aromatic N) is 2. The fraction of sp³-hybridized carbons (Fsp3) is 0.636. The van der Waals surface area contributed by atoms with Gasteiger partial charge in [0, 0.05) is 38.4 Å². The highest BCUT2D eigenvalue weighted by Crippen LogP contribution is 2.20. The van der Waals surface area contributed by atoms with Gasteiger partial charge in [0.2, 0.25) is 0 Å². The number of methoxy groups -OCH3 is 1. The average Bonchev–Trinajstić information content (AvgIpc) is 2.31. The molecule has 0 saturated carbocycles. The predicted molar refractivity (Wildman–Crippen MR) is 59.9 cm³/mol. The number of aromatic nitrogens is 2. The summed E-state index contributed by atoms with van der Waals surface area (Å²) in [6.45, 7) is 0.920. The van der Waals surface area contributed by atoms with Crippen molar-refractivity contribution in [2.75, 3.05) is 20.8 Å². The largest absolute Gasteiger partial charge is 0.385 e. The number of halogens is 2. The third kappa shape index (κ3) is 4.32. The van der Waals surface area contributed by atoms with Crippen molar-refractivity contribution in [1.29, 1.82) is 0 Å². The van der Waals surface area contributed by atoms with E-state index in [1.165, 1.54) is 6.20 Å². The van der Waals surface area contributed by atoms with Crippen LogP contribution in [0.2, 0.25) is 0 Å². The van der Waals surface area contributed by atoms with Crippen LogP contribution in [0.15, 0.2) is 6.20 Å². The first-order valence-electron chi connectivity index (χ1n) is 5.45. The Bertz CT molecular complexity index is 347. The average molecular weight is 245 g/mol. The monoisotopic (exact) mass is 245 g/mol. The molecule has 0 radical (unpaired) electrons. The molecule has 0 fully saturated rings. The van der Waals surface area contributed by atoms with Crippen LogP contribution in [0.5, 0.6) is 0 Å². The minimum absolute atomic E-state index is 0.179. The van der Waals surface area contributed by atoms with E-state index in [1.807, 2.05) is 0 Å². The Morgan fingerprint density at radius 1 is 1.47 bits per heavy atom. The van der Waals surface area contributed by atoms with Crippen molar-refractivity contribution in [1.82, 2.24) is 15.3 Å². The van der Waals surface area contributed by atoms with Crippen molar-refractivity contribution in [2.24, 2.45) is 0 Å². The number of alkyl halides is 2. The fourth-order valence-electron chi connectivity index (χ4n) is 1.47. The number of aryl methyl sites for hydroxylation is 1. The molecule has 0 aliphatic heterocycles. The highest BCUT2D eigenvalue weighted by atomic mass is 19.3. The van der Waals surface area contributed by atoms with Crippen LogP contribution in [0.1, 0.15) is 29.9 Å². The van der Waals surface area contributed by atoms with Gasteiger partial charge >= 0.3 is 0 Å². The molecular weight excluding hydrogens is 228 g/mol. The zero-order chi connectivity index (χ0) is 12.7. The molecule has 4 nitrogen and oxygen atoms in total. The summed E-state index contributed by atoms with van der Waals surface area (Å²) in [5, 5.41) is 2.82. The van der Waals surface area contributed by atoms with Crippen molar-refractivity contribution < 1.29 is 13.5 Å². The van der Waals surface area contributed by atoms with Crippen LogP contribution in [-0.2, 0) is 17.7 Å². The van der Waals surface area contributed by atoms with Crippen LogP contribution in [-0.4, -0.2) is 30.7 Å². The second kappa shape index (κ2) is 7.24. The summed E-state index contributed by atoms with van der Waals surface area (Å²) in [5.74, 6) is 0.442. The van der Waals surface area contributed by atoms with Gasteiger partial charge in [-0.1, -0.05) is 0 Å². The number of hydrogen-bond acceptors (Lipinski definition) is 4. The van der Waals surface area contributed by atoms with E-state index < -0.39 is 6.43 Å². The molecule has 1 rings (SSSR count). The predicted octanol–water partition coefficient (Wildman–Crippen LogP) is 1.71. The molecule has 1 heterocycles. The minimum atomic E-state index is -2.57. The standard InChI is InChI=1S/C11H17F2N3O/c1-14-6-8-7-15-9(4-3-5-17-2)16-10(8)11(12)13/h7,11,14H,3-6H2,1-2H3. The van der Waals surface area contributed by atoms with Crippen LogP contribution in [0.4, 0.5) is 8.78 Å². The minimum Gasteiger partial charge on any atom is -0.385 e. The first-order valence-corrected chi connectivity index (χ1v) is 5.45. The molecule has 1 aromatic rings. The molecule has 17 heavy (non-hydrogen) atoms. The van der Waals surface area contributed by atoms with Gasteiger partial charge in [0.1, 0.15) is 11.5 Å². The van der Waals surface area contributed by atoms with Gasteiger partial charge < -0.3 is 10.1 Å². The molecule has 1 N–H and O–H groups in total. The number of nitrogens with one attached hydrogen (secondary N) is 1. The molecule has 6 heteroatoms. The van der Waals surface area contributed by atoms with E-state index >= 15 is 0 Å². The molecule has 0 aromatic carbocycles. The lowest BCUT2D eigenvalue weighted by molar-refractivity contribution is 0.144. The summed E-state index contributed by atoms with van der Waals surface area (Å²) >= 11 is 0. The van der Waals surface area contributed by atoms with Gasteiger partial charge in [-0.05, 0) is 13.5 Å². The molecule has 0 spiro atoms. The van der Waals surface area contributed by atoms with Gasteiger partial charge in [0.05, 0.1) is 0 Å². The SMILES string of the molecule is CNCc1cnc(CCCOC)nc1C(F)F. The van der Waals surface area contributed by atoms with Crippen LogP contribution in [0, 0.1) is 0 Å². The number of rotatable bonds is 7. The molecule has 0 amide bonds. The Morgan fingerprint density at radius 3 is 2.82 bits per heavy atom. The first kappa shape index (κ1) is 13.9. The van der Waals surface area contributed by atoms with Gasteiger partial charge in [-0.25, -0.2) is 18.7 Å². The van der Waals surface area contributed by atoms with Crippen LogP contribution in [0.3, 0.4) is 0 Å². The first-order chi connectivity index (χ1) is 8.19. The molecule has 1 aromatic heterocycles. The normalized spacial score (nSPS) is 11.1. The van der Waals surface area contributed by atoms with Crippen molar-refractivity contribution in [3.63, 3.8) is 0 Å². The Balaban J connectivity index is 2.78. The Labute approximate surface area is 99.4 Å². The molecule has 0 aliphatic rings. The third-order valence-corrected chi connectivity index (χ3v) is 2.27. The van der Waals surface area contributed by atoms with Crippen molar-refractivity contribution in [3.05, 3.63) is 23.3 Å². The van der Waals surface area contributed by atoms with Crippen molar-refractivity contribution >= 4 is 0 Å². The van der Waals surface area contributed by atoms with Gasteiger partial charge in [0.25, 0.3) is 6.43 Å². The van der Waals surface area contributed by atoms with Crippen molar-refractivity contribution in [3.8, 4) is 0 Å². The lowest BCUT2D eigenvalue weighted by atomic mass is 10.2. The Kier molecular flexibility index (Phi) is 5.93. The van der Waals surface area contributed by atoms with Crippen LogP contribution >= 0.6 is 0 Å². The van der Waals surface area contributed by atoms with E-state index in [4.69, 9.17) is 4.74 Å². The second-order valence-electron chi connectivity index (χ2n) is 3.62. The highest BCUT2D eigenvalue weighted by Gasteiger charge is 2.15. The van der Waals surface area contributed by atoms with E-state index in [0.717, 1.165) is 6.42 Å². The number of hydrogen-bond donors (Lipinski definition) is 1. The van der Waals surface area contributed by atoms with Crippen LogP contribution in [0.25, 0.3) is 0 Å². The Hall–Kier alpha value is -1.14. The fourth-order valence-corrected chi connectivity index (χ4v) is 1.47. The molecule has 0 unspecified atom stereocenters. The third-order valence-electron chi connectivity index (χ3n) is 2.27. The lowest BCUT2D eigenvalue weighted by Crippen LogP contribution is -2.12. The summed E-state index contributed by atoms with van der Waals surface area (Å²) in [6.07, 6.45) is 0.174. The molecule has 0 atom stereocenters. The lowest BCUT2D eigenvalue weighted by Gasteiger charge is -2.09. The van der Waals surface area contributed by atoms with E-state index in [2.05, 4.69) is 15.3 Å². The summed E-state index contributed by atoms with van der Waals surface area (Å²) in [6, 6.07) is 0. The zero-order valence-electron chi connectivity index (χ0n) is 10.0. The van der Waals surface area contributed by atoms with Crippen LogP contribution < -0.4 is 5.32 Å². The Morgan fingerprint density at radius 2 is 2.24 bits per heavy atom. The van der Waals surface area contributed by atoms with Gasteiger partial charge in [-0.3, -0.25) is 0 Å². The topological polar surface area (TPSA) is 47.0 Å². The maximum Gasteiger partial charge on any atom is 0.280 e. The smallest absolute Gasteiger partial charge is 0.280 e. The van der Waals surface area contributed by atoms with E-state index in [1.54, 1.807) is 14.2 Å². The van der Waals surface area contributed by atoms with Gasteiger partial charge in [0.15, 0.2) is 0 Å². The molecule has 0 saturated heterocycles. The summed E-state index contributed by atoms with van der Waals surface area (Å²) in [5.41, 5.74) is 0.264. The maximum atomic E-state index is 12.8. The quantitative estimate of drug-likeness (QED) is 0.743. The summed E-state index contributed by atoms with van der Waals surface area (Å²) in [7, 11) is 3.29. The molecular formula is C11H17F2N3O. The summed E-state index contributed by atoms with van der Waals surface area (Å²) in [4.78, 5) is 7.98. The van der Waals surface area contributed by atoms with E-state index in [0.29, 0.717) is 31.0 Å². The summed E-state index contributed by atoms with van der Waals surface area (Å²) < 4.78 is 30.4. The zero-order valence-corrected chi connectivity index (χ0v) is 10.0. The molecule has 0 bridgehead atoms. The van der Waals surface area contributed by atoms with E-state index in [9.17, 15) is 8.78 Å². The number of ether oxygens (including phenoxy) is 1. The van der Waals surface area contributed by atoms with Gasteiger partial charge in [-0.15, -0.1) is 0 Å². The second-order valence-corrected chi connectivity index (χ2v) is 3.62. The van der Waals surface area contributed by atoms with Crippen molar-refractivity contribution in [2.45, 2.75) is 25.8 Å². The van der Waals surface area contributed by atoms with Gasteiger partial charge in [-0.2, -0.15) is 0 Å². The van der Waals surface area contributed by atoms with E-state index in [-0.39, 0.29) is 5.69 Å². The molecule has 0 aliphatic carbocycles. The maximum absolute atomic E-state index is 12.8. The highest BCUT2D eigenvalue weighted by molar-refractivity contribution is 5.18. The molecule has 96 valence electrons.